The SMILES string of the molecule is CC\C=C/C=C/C=C/C=C\C=C\C=C\CCCCC(O)C(=O)NC(COC1OC(CO)C(O)C(O)C1OC(=O)CCCCCCCCC/C=C\C/C=C\C/C=C\C/C=C\CCCCC)C(O)/C=C/CCCCCCCCCCCC. The smallest absolute Gasteiger partial charge is 0.306 e. The van der Waals surface area contributed by atoms with Gasteiger partial charge in [0.1, 0.15) is 24.4 Å². The molecule has 1 saturated heterocycles. The molecular formula is C69H113NO10. The van der Waals surface area contributed by atoms with Crippen LogP contribution in [0.2, 0.25) is 0 Å². The first kappa shape index (κ1) is 73.8. The molecule has 0 aromatic carbocycles. The summed E-state index contributed by atoms with van der Waals surface area (Å²) in [5.74, 6) is -1.26. The second-order valence-electron chi connectivity index (χ2n) is 21.2. The number of amides is 1. The quantitative estimate of drug-likeness (QED) is 0.0149. The Bertz CT molecular complexity index is 1810. The zero-order chi connectivity index (χ0) is 58.2. The molecule has 0 spiro atoms. The molecule has 0 aliphatic carbocycles. The predicted molar refractivity (Wildman–Crippen MR) is 333 cm³/mol. The number of aliphatic hydroxyl groups is 5. The molecule has 1 amide bonds. The summed E-state index contributed by atoms with van der Waals surface area (Å²) in [7, 11) is 0. The molecule has 11 nitrogen and oxygen atoms in total. The highest BCUT2D eigenvalue weighted by molar-refractivity contribution is 5.80. The van der Waals surface area contributed by atoms with Gasteiger partial charge in [0.25, 0.3) is 0 Å². The molecular weight excluding hydrogens is 1000 g/mol. The number of ether oxygens (including phenoxy) is 3. The van der Waals surface area contributed by atoms with Crippen molar-refractivity contribution in [2.75, 3.05) is 13.2 Å². The van der Waals surface area contributed by atoms with Gasteiger partial charge in [0, 0.05) is 6.42 Å². The normalized spacial score (nSPS) is 19.7. The van der Waals surface area contributed by atoms with E-state index in [9.17, 15) is 35.1 Å². The van der Waals surface area contributed by atoms with Crippen LogP contribution in [0, 0.1) is 0 Å². The van der Waals surface area contributed by atoms with Crippen molar-refractivity contribution in [3.63, 3.8) is 0 Å². The summed E-state index contributed by atoms with van der Waals surface area (Å²) in [6.45, 7) is 5.56. The van der Waals surface area contributed by atoms with Gasteiger partial charge >= 0.3 is 5.97 Å². The summed E-state index contributed by atoms with van der Waals surface area (Å²) in [6, 6.07) is -1.06. The Labute approximate surface area is 486 Å². The van der Waals surface area contributed by atoms with E-state index in [1.165, 1.54) is 70.6 Å². The number of esters is 1. The number of nitrogens with one attached hydrogen (secondary N) is 1. The van der Waals surface area contributed by atoms with Gasteiger partial charge < -0.3 is 45.1 Å². The molecule has 0 saturated carbocycles. The van der Waals surface area contributed by atoms with E-state index in [0.717, 1.165) is 109 Å². The lowest BCUT2D eigenvalue weighted by Crippen LogP contribution is -2.61. The van der Waals surface area contributed by atoms with Gasteiger partial charge in [-0.1, -0.05) is 264 Å². The predicted octanol–water partition coefficient (Wildman–Crippen LogP) is 15.2. The van der Waals surface area contributed by atoms with Crippen LogP contribution in [-0.2, 0) is 23.8 Å². The minimum atomic E-state index is -1.64. The van der Waals surface area contributed by atoms with Crippen LogP contribution >= 0.6 is 0 Å². The highest BCUT2D eigenvalue weighted by Gasteiger charge is 2.47. The highest BCUT2D eigenvalue weighted by atomic mass is 16.7. The van der Waals surface area contributed by atoms with E-state index in [2.05, 4.69) is 80.8 Å². The molecule has 8 unspecified atom stereocenters. The van der Waals surface area contributed by atoms with Gasteiger partial charge in [-0.25, -0.2) is 0 Å². The summed E-state index contributed by atoms with van der Waals surface area (Å²) in [4.78, 5) is 26.6. The molecule has 0 radical (unpaired) electrons. The first-order chi connectivity index (χ1) is 39.2. The van der Waals surface area contributed by atoms with E-state index >= 15 is 0 Å². The van der Waals surface area contributed by atoms with Crippen LogP contribution in [0.1, 0.15) is 226 Å². The molecule has 1 heterocycles. The van der Waals surface area contributed by atoms with E-state index in [4.69, 9.17) is 14.2 Å². The summed E-state index contributed by atoms with van der Waals surface area (Å²) >= 11 is 0. The number of aliphatic hydroxyl groups excluding tert-OH is 5. The van der Waals surface area contributed by atoms with Crippen molar-refractivity contribution < 1.29 is 49.3 Å². The lowest BCUT2D eigenvalue weighted by atomic mass is 9.99. The Morgan fingerprint density at radius 3 is 1.49 bits per heavy atom. The third kappa shape index (κ3) is 42.6. The number of carbonyl (C=O) groups is 2. The second-order valence-corrected chi connectivity index (χ2v) is 21.2. The standard InChI is InChI=1S/C69H113NO10/c1-4-7-10-13-16-19-22-25-27-29-30-31-32-33-34-35-37-39-42-45-48-51-54-57-64(74)80-67-66(76)65(75)63(58-71)79-69(67)78-59-60(61(72)55-52-49-46-43-40-24-21-18-15-12-9-6-3)70-68(77)62(73)56-53-50-47-44-41-38-36-28-26-23-20-17-14-11-8-5-2/h8,11,14,16-17,19-20,23,25-28,30-31,33-34,36,38,41,44,52,55,60-63,65-67,69,71-73,75-76H,4-7,9-10,12-13,15,18,21-22,24,29,32,35,37,39-40,42-43,45-51,53-54,56-59H2,1-3H3,(H,70,77)/b11-8-,17-14+,19-16-,23-20+,27-25-,28-26-,31-30-,34-33-,38-36+,44-41+,55-52+. The van der Waals surface area contributed by atoms with E-state index in [-0.39, 0.29) is 19.4 Å². The maximum atomic E-state index is 13.4. The topological polar surface area (TPSA) is 175 Å². The highest BCUT2D eigenvalue weighted by Crippen LogP contribution is 2.26. The number of hydrogen-bond donors (Lipinski definition) is 6. The number of rotatable bonds is 51. The largest absolute Gasteiger partial charge is 0.454 e. The van der Waals surface area contributed by atoms with E-state index in [0.29, 0.717) is 12.8 Å². The third-order valence-electron chi connectivity index (χ3n) is 13.9. The van der Waals surface area contributed by atoms with E-state index in [1.807, 2.05) is 72.9 Å². The Balaban J connectivity index is 2.70. The van der Waals surface area contributed by atoms with Gasteiger partial charge in [0.05, 0.1) is 25.4 Å². The average Bonchev–Trinajstić information content (AvgIpc) is 3.46. The van der Waals surface area contributed by atoms with Crippen molar-refractivity contribution in [1.29, 1.82) is 0 Å². The molecule has 1 aliphatic heterocycles. The maximum Gasteiger partial charge on any atom is 0.306 e. The number of carbonyl (C=O) groups excluding carboxylic acids is 2. The van der Waals surface area contributed by atoms with Gasteiger partial charge in [-0.2, -0.15) is 0 Å². The fourth-order valence-electron chi connectivity index (χ4n) is 8.96. The Morgan fingerprint density at radius 2 is 0.950 bits per heavy atom. The van der Waals surface area contributed by atoms with Crippen molar-refractivity contribution in [2.45, 2.75) is 275 Å². The van der Waals surface area contributed by atoms with Crippen LogP contribution in [0.3, 0.4) is 0 Å². The zero-order valence-corrected chi connectivity index (χ0v) is 50.1. The minimum Gasteiger partial charge on any atom is -0.454 e. The van der Waals surface area contributed by atoms with Crippen molar-refractivity contribution in [1.82, 2.24) is 5.32 Å². The molecule has 11 heteroatoms. The first-order valence-electron chi connectivity index (χ1n) is 31.5. The van der Waals surface area contributed by atoms with E-state index < -0.39 is 67.4 Å². The van der Waals surface area contributed by atoms with Gasteiger partial charge in [-0.05, 0) is 89.9 Å². The summed E-state index contributed by atoms with van der Waals surface area (Å²) < 4.78 is 17.6. The number of allylic oxidation sites excluding steroid dienone is 21. The lowest BCUT2D eigenvalue weighted by Gasteiger charge is -2.41. The van der Waals surface area contributed by atoms with Crippen molar-refractivity contribution in [2.24, 2.45) is 0 Å². The van der Waals surface area contributed by atoms with Crippen molar-refractivity contribution in [3.05, 3.63) is 134 Å². The van der Waals surface area contributed by atoms with Crippen LogP contribution < -0.4 is 5.32 Å². The van der Waals surface area contributed by atoms with Crippen LogP contribution in [0.25, 0.3) is 0 Å². The molecule has 0 aromatic rings. The average molecular weight is 1120 g/mol. The monoisotopic (exact) mass is 1120 g/mol. The Hall–Kier alpha value is -4.20. The molecule has 8 atom stereocenters. The molecule has 1 fully saturated rings. The van der Waals surface area contributed by atoms with Crippen LogP contribution in [0.15, 0.2) is 134 Å². The molecule has 80 heavy (non-hydrogen) atoms. The molecule has 0 aromatic heterocycles. The molecule has 1 rings (SSSR count). The maximum absolute atomic E-state index is 13.4. The van der Waals surface area contributed by atoms with Gasteiger partial charge in [0.15, 0.2) is 12.4 Å². The minimum absolute atomic E-state index is 0.0971. The van der Waals surface area contributed by atoms with Crippen molar-refractivity contribution in [3.8, 4) is 0 Å². The lowest BCUT2D eigenvalue weighted by molar-refractivity contribution is -0.305. The molecule has 454 valence electrons. The van der Waals surface area contributed by atoms with Gasteiger partial charge in [0.2, 0.25) is 5.91 Å². The van der Waals surface area contributed by atoms with Gasteiger partial charge in [-0.15, -0.1) is 0 Å². The molecule has 6 N–H and O–H groups in total. The first-order valence-corrected chi connectivity index (χ1v) is 31.5. The second kappa shape index (κ2) is 55.3. The van der Waals surface area contributed by atoms with Crippen LogP contribution in [0.5, 0.6) is 0 Å². The Kier molecular flexibility index (Phi) is 51.1. The van der Waals surface area contributed by atoms with Crippen molar-refractivity contribution >= 4 is 11.9 Å². The molecule has 1 aliphatic rings. The summed E-state index contributed by atoms with van der Waals surface area (Å²) in [5, 5.41) is 56.9. The fourth-order valence-corrected chi connectivity index (χ4v) is 8.96. The number of unbranched alkanes of at least 4 members (excludes halogenated alkanes) is 22. The summed E-state index contributed by atoms with van der Waals surface area (Å²) in [5.41, 5.74) is 0. The number of hydrogen-bond acceptors (Lipinski definition) is 10. The van der Waals surface area contributed by atoms with Gasteiger partial charge in [-0.3, -0.25) is 9.59 Å². The van der Waals surface area contributed by atoms with Crippen LogP contribution in [0.4, 0.5) is 0 Å². The van der Waals surface area contributed by atoms with E-state index in [1.54, 1.807) is 6.08 Å². The fraction of sp³-hybridized carbons (Fsp3) is 0.652. The Morgan fingerprint density at radius 1 is 0.512 bits per heavy atom. The molecule has 0 bridgehead atoms. The van der Waals surface area contributed by atoms with Crippen LogP contribution in [-0.4, -0.2) is 99.6 Å². The third-order valence-corrected chi connectivity index (χ3v) is 13.9. The zero-order valence-electron chi connectivity index (χ0n) is 50.1. The summed E-state index contributed by atoms with van der Waals surface area (Å²) in [6.07, 6.45) is 67.7.